The van der Waals surface area contributed by atoms with Crippen LogP contribution in [0.3, 0.4) is 0 Å². The molecule has 1 saturated heterocycles. The van der Waals surface area contributed by atoms with E-state index in [1.165, 1.54) is 0 Å². The van der Waals surface area contributed by atoms with Crippen molar-refractivity contribution in [3.63, 3.8) is 0 Å². The van der Waals surface area contributed by atoms with E-state index in [1.807, 2.05) is 49.1 Å². The number of hydrogen-bond donors (Lipinski definition) is 1. The third-order valence-electron chi connectivity index (χ3n) is 8.32. The quantitative estimate of drug-likeness (QED) is 0.459. The van der Waals surface area contributed by atoms with Gasteiger partial charge in [-0.25, -0.2) is 9.50 Å². The molecular formula is C30H36ClN5O4. The first kappa shape index (κ1) is 28.1. The highest BCUT2D eigenvalue weighted by Crippen LogP contribution is 2.33. The molecule has 1 aromatic carbocycles. The van der Waals surface area contributed by atoms with Crippen molar-refractivity contribution in [3.05, 3.63) is 52.8 Å². The Morgan fingerprint density at radius 3 is 2.27 bits per heavy atom. The molecule has 40 heavy (non-hydrogen) atoms. The molecule has 0 spiro atoms. The zero-order valence-electron chi connectivity index (χ0n) is 23.4. The molecule has 9 nitrogen and oxygen atoms in total. The summed E-state index contributed by atoms with van der Waals surface area (Å²) in [5, 5.41) is 14.7. The number of amides is 2. The molecule has 3 aromatic rings. The Kier molecular flexibility index (Phi) is 7.61. The molecule has 5 rings (SSSR count). The molecular weight excluding hydrogens is 530 g/mol. The van der Waals surface area contributed by atoms with Gasteiger partial charge in [-0.1, -0.05) is 37.6 Å². The molecule has 2 amide bonds. The highest BCUT2D eigenvalue weighted by atomic mass is 35.5. The van der Waals surface area contributed by atoms with Gasteiger partial charge in [-0.15, -0.1) is 0 Å². The number of hydrogen-bond acceptors (Lipinski definition) is 5. The fourth-order valence-electron chi connectivity index (χ4n) is 5.99. The number of aromatic nitrogens is 3. The molecule has 1 aliphatic carbocycles. The smallest absolute Gasteiger partial charge is 0.306 e. The van der Waals surface area contributed by atoms with Crippen LogP contribution in [0, 0.1) is 11.8 Å². The van der Waals surface area contributed by atoms with Crippen LogP contribution in [0.5, 0.6) is 0 Å². The first-order chi connectivity index (χ1) is 18.9. The van der Waals surface area contributed by atoms with E-state index in [1.54, 1.807) is 15.6 Å². The van der Waals surface area contributed by atoms with E-state index >= 15 is 0 Å². The van der Waals surface area contributed by atoms with Crippen molar-refractivity contribution in [1.82, 2.24) is 24.4 Å². The van der Waals surface area contributed by atoms with Crippen LogP contribution < -0.4 is 0 Å². The Morgan fingerprint density at radius 2 is 1.68 bits per heavy atom. The Labute approximate surface area is 239 Å². The molecule has 0 unspecified atom stereocenters. The normalized spacial score (nSPS) is 21.1. The largest absolute Gasteiger partial charge is 0.481 e. The van der Waals surface area contributed by atoms with Crippen LogP contribution >= 0.6 is 11.6 Å². The molecule has 2 aromatic heterocycles. The topological polar surface area (TPSA) is 108 Å². The average molecular weight is 566 g/mol. The lowest BCUT2D eigenvalue weighted by atomic mass is 9.81. The van der Waals surface area contributed by atoms with Gasteiger partial charge in [0.15, 0.2) is 5.65 Å². The fourth-order valence-corrected chi connectivity index (χ4v) is 6.12. The maximum Gasteiger partial charge on any atom is 0.306 e. The highest BCUT2D eigenvalue weighted by Gasteiger charge is 2.41. The first-order valence-corrected chi connectivity index (χ1v) is 14.3. The van der Waals surface area contributed by atoms with Gasteiger partial charge < -0.3 is 14.9 Å². The molecule has 0 bridgehead atoms. The molecule has 0 atom stereocenters. The van der Waals surface area contributed by atoms with E-state index in [0.29, 0.717) is 61.7 Å². The molecule has 2 aliphatic rings. The Balaban J connectivity index is 1.35. The Bertz CT molecular complexity index is 1440. The second kappa shape index (κ2) is 10.8. The number of rotatable bonds is 5. The summed E-state index contributed by atoms with van der Waals surface area (Å²) in [5.74, 6) is -1.23. The van der Waals surface area contributed by atoms with Gasteiger partial charge in [0, 0.05) is 41.7 Å². The van der Waals surface area contributed by atoms with Crippen molar-refractivity contribution in [2.75, 3.05) is 19.6 Å². The molecule has 1 saturated carbocycles. The van der Waals surface area contributed by atoms with E-state index in [9.17, 15) is 19.5 Å². The van der Waals surface area contributed by atoms with E-state index in [4.69, 9.17) is 21.7 Å². The van der Waals surface area contributed by atoms with E-state index in [0.717, 1.165) is 16.8 Å². The number of carboxylic acid groups (broad SMARTS) is 1. The third-order valence-corrected chi connectivity index (χ3v) is 8.57. The summed E-state index contributed by atoms with van der Waals surface area (Å²) < 4.78 is 1.69. The van der Waals surface area contributed by atoms with Crippen LogP contribution in [0.15, 0.2) is 36.5 Å². The number of benzene rings is 1. The van der Waals surface area contributed by atoms with Crippen LogP contribution in [-0.4, -0.2) is 72.5 Å². The van der Waals surface area contributed by atoms with Gasteiger partial charge >= 0.3 is 5.97 Å². The molecule has 0 radical (unpaired) electrons. The van der Waals surface area contributed by atoms with Crippen LogP contribution in [0.2, 0.25) is 5.02 Å². The molecule has 1 N–H and O–H groups in total. The predicted molar refractivity (Wildman–Crippen MR) is 152 cm³/mol. The number of carboxylic acids is 1. The van der Waals surface area contributed by atoms with Crippen molar-refractivity contribution in [1.29, 1.82) is 0 Å². The summed E-state index contributed by atoms with van der Waals surface area (Å²) in [4.78, 5) is 46.7. The van der Waals surface area contributed by atoms with Crippen molar-refractivity contribution in [2.24, 2.45) is 11.8 Å². The van der Waals surface area contributed by atoms with Crippen molar-refractivity contribution >= 4 is 35.0 Å². The number of nitrogens with zero attached hydrogens (tertiary/aromatic N) is 5. The van der Waals surface area contributed by atoms with Gasteiger partial charge in [-0.05, 0) is 63.6 Å². The summed E-state index contributed by atoms with van der Waals surface area (Å²) in [7, 11) is 0. The Hall–Kier alpha value is -3.46. The zero-order chi connectivity index (χ0) is 28.8. The molecule has 3 heterocycles. The summed E-state index contributed by atoms with van der Waals surface area (Å²) in [6.07, 6.45) is 3.96. The number of carbonyl (C=O) groups is 3. The van der Waals surface area contributed by atoms with Crippen LogP contribution in [0.25, 0.3) is 16.9 Å². The zero-order valence-corrected chi connectivity index (χ0v) is 24.2. The fraction of sp³-hybridized carbons (Fsp3) is 0.500. The van der Waals surface area contributed by atoms with Gasteiger partial charge in [0.2, 0.25) is 5.91 Å². The summed E-state index contributed by atoms with van der Waals surface area (Å²) in [6, 6.07) is 9.51. The number of carbonyl (C=O) groups excluding carboxylic acids is 2. The lowest BCUT2D eigenvalue weighted by Crippen LogP contribution is -2.62. The average Bonchev–Trinajstić information content (AvgIpc) is 3.36. The number of imidazole rings is 1. The predicted octanol–water partition coefficient (Wildman–Crippen LogP) is 5.13. The first-order valence-electron chi connectivity index (χ1n) is 13.9. The number of piperazine rings is 1. The van der Waals surface area contributed by atoms with Crippen LogP contribution in [-0.2, 0) is 9.59 Å². The van der Waals surface area contributed by atoms with Crippen molar-refractivity contribution in [2.45, 2.75) is 64.8 Å². The van der Waals surface area contributed by atoms with Gasteiger partial charge in [-0.3, -0.25) is 14.4 Å². The molecule has 2 fully saturated rings. The maximum absolute atomic E-state index is 13.8. The lowest BCUT2D eigenvalue weighted by molar-refractivity contribution is -0.147. The monoisotopic (exact) mass is 565 g/mol. The van der Waals surface area contributed by atoms with Gasteiger partial charge in [-0.2, -0.15) is 5.10 Å². The second-order valence-corrected chi connectivity index (χ2v) is 12.4. The minimum atomic E-state index is -0.775. The van der Waals surface area contributed by atoms with Crippen molar-refractivity contribution < 1.29 is 19.5 Å². The van der Waals surface area contributed by atoms with E-state index in [-0.39, 0.29) is 29.6 Å². The second-order valence-electron chi connectivity index (χ2n) is 12.0. The minimum absolute atomic E-state index is 0.0669. The van der Waals surface area contributed by atoms with Crippen LogP contribution in [0.4, 0.5) is 0 Å². The van der Waals surface area contributed by atoms with Gasteiger partial charge in [0.25, 0.3) is 5.91 Å². The summed E-state index contributed by atoms with van der Waals surface area (Å²) >= 11 is 6.07. The van der Waals surface area contributed by atoms with Gasteiger partial charge in [0.05, 0.1) is 23.3 Å². The maximum atomic E-state index is 13.8. The third kappa shape index (κ3) is 5.44. The van der Waals surface area contributed by atoms with E-state index in [2.05, 4.69) is 13.8 Å². The summed E-state index contributed by atoms with van der Waals surface area (Å²) in [6.45, 7) is 9.37. The standard InChI is InChI=1S/C30H36ClN5O4/c1-18(2)23-15-24(19-9-11-22(31)12-10-19)33-36-16-25(32-26(23)36)28(38)35-14-13-34(17-30(35,3)4)27(37)20-5-7-21(8-6-20)29(39)40/h9-12,15-16,18,20-21H,5-8,13-14,17H2,1-4H3,(H,39,40)/t20-,21-. The molecule has 1 aliphatic heterocycles. The van der Waals surface area contributed by atoms with Gasteiger partial charge in [0.1, 0.15) is 5.69 Å². The number of aliphatic carboxylic acids is 1. The highest BCUT2D eigenvalue weighted by molar-refractivity contribution is 6.30. The van der Waals surface area contributed by atoms with E-state index < -0.39 is 11.5 Å². The number of fused-ring (bicyclic) bond motifs is 1. The van der Waals surface area contributed by atoms with Crippen molar-refractivity contribution in [3.8, 4) is 11.3 Å². The molecule has 212 valence electrons. The number of halogens is 1. The minimum Gasteiger partial charge on any atom is -0.481 e. The summed E-state index contributed by atoms with van der Waals surface area (Å²) in [5.41, 5.74) is 3.07. The Morgan fingerprint density at radius 1 is 1.02 bits per heavy atom. The SMILES string of the molecule is CC(C)c1cc(-c2ccc(Cl)cc2)nn2cc(C(=O)N3CCN(C(=O)[C@H]4CC[C@H](C(=O)O)CC4)CC3(C)C)nc12. The molecule has 10 heteroatoms. The van der Waals surface area contributed by atoms with Crippen LogP contribution in [0.1, 0.15) is 75.3 Å². The lowest BCUT2D eigenvalue weighted by Gasteiger charge is -2.47.